The fourth-order valence-electron chi connectivity index (χ4n) is 2.96. The molecule has 2 N–H and O–H groups in total. The van der Waals surface area contributed by atoms with Crippen LogP contribution in [0.5, 0.6) is 5.88 Å². The minimum atomic E-state index is -4.43. The molecule has 3 heterocycles. The smallest absolute Gasteiger partial charge is 0.416 e. The van der Waals surface area contributed by atoms with E-state index in [1.165, 1.54) is 29.2 Å². The van der Waals surface area contributed by atoms with E-state index in [1.54, 1.807) is 6.92 Å². The topological polar surface area (TPSA) is 119 Å². The summed E-state index contributed by atoms with van der Waals surface area (Å²) < 4.78 is 40.8. The summed E-state index contributed by atoms with van der Waals surface area (Å²) in [6, 6.07) is 4.11. The molecule has 0 bridgehead atoms. The first-order valence-corrected chi connectivity index (χ1v) is 8.55. The Hall–Kier alpha value is -3.96. The normalized spacial score (nSPS) is 12.9. The second-order valence-corrected chi connectivity index (χ2v) is 6.44. The van der Waals surface area contributed by atoms with Crippen molar-refractivity contribution in [1.29, 1.82) is 0 Å². The summed E-state index contributed by atoms with van der Waals surface area (Å²) in [5.74, 6) is -1.67. The first-order valence-electron chi connectivity index (χ1n) is 8.55. The zero-order chi connectivity index (χ0) is 21.6. The molecule has 0 aliphatic heterocycles. The average Bonchev–Trinajstić information content (AvgIpc) is 3.34. The number of aromatic carboxylic acids is 1. The number of hydrogen-bond donors (Lipinski definition) is 2. The zero-order valence-electron chi connectivity index (χ0n) is 15.2. The maximum Gasteiger partial charge on any atom is 0.416 e. The number of aromatic nitrogens is 6. The van der Waals surface area contributed by atoms with Gasteiger partial charge in [0.25, 0.3) is 5.95 Å². The minimum Gasteiger partial charge on any atom is -0.492 e. The quantitative estimate of drug-likeness (QED) is 0.523. The average molecular weight is 418 g/mol. The summed E-state index contributed by atoms with van der Waals surface area (Å²) in [6.45, 7) is 1.70. The third-order valence-corrected chi connectivity index (χ3v) is 4.54. The van der Waals surface area contributed by atoms with Crippen molar-refractivity contribution in [2.75, 3.05) is 0 Å². The van der Waals surface area contributed by atoms with Crippen LogP contribution in [0.3, 0.4) is 0 Å². The van der Waals surface area contributed by atoms with Crippen molar-refractivity contribution >= 4 is 17.0 Å². The number of benzene rings is 1. The summed E-state index contributed by atoms with van der Waals surface area (Å²) in [5.41, 5.74) is 0.124. The van der Waals surface area contributed by atoms with Gasteiger partial charge in [0.2, 0.25) is 5.88 Å². The van der Waals surface area contributed by atoms with Crippen LogP contribution < -0.4 is 0 Å². The van der Waals surface area contributed by atoms with Crippen molar-refractivity contribution in [1.82, 2.24) is 29.5 Å². The van der Waals surface area contributed by atoms with Crippen LogP contribution in [0.1, 0.15) is 34.5 Å². The van der Waals surface area contributed by atoms with Gasteiger partial charge in [-0.3, -0.25) is 4.68 Å². The molecule has 9 nitrogen and oxygen atoms in total. The molecule has 30 heavy (non-hydrogen) atoms. The van der Waals surface area contributed by atoms with E-state index in [-0.39, 0.29) is 22.5 Å². The number of rotatable bonds is 4. The largest absolute Gasteiger partial charge is 0.492 e. The zero-order valence-corrected chi connectivity index (χ0v) is 15.2. The Bertz CT molecular complexity index is 1250. The Kier molecular flexibility index (Phi) is 4.41. The van der Waals surface area contributed by atoms with E-state index in [0.717, 1.165) is 23.0 Å². The molecule has 0 amide bonds. The molecule has 154 valence electrons. The molecule has 0 spiro atoms. The Labute approximate surface area is 166 Å². The number of halogens is 3. The fraction of sp³-hybridized carbons (Fsp3) is 0.167. The maximum absolute atomic E-state index is 12.8. The van der Waals surface area contributed by atoms with Crippen molar-refractivity contribution < 1.29 is 28.2 Å². The Morgan fingerprint density at radius 3 is 2.40 bits per heavy atom. The van der Waals surface area contributed by atoms with E-state index < -0.39 is 29.6 Å². The lowest BCUT2D eigenvalue weighted by Crippen LogP contribution is -2.10. The number of aromatic hydroxyl groups is 1. The molecule has 1 aromatic carbocycles. The van der Waals surface area contributed by atoms with E-state index >= 15 is 0 Å². The van der Waals surface area contributed by atoms with Crippen LogP contribution in [0.4, 0.5) is 13.2 Å². The highest BCUT2D eigenvalue weighted by atomic mass is 19.4. The molecule has 0 saturated carbocycles. The second kappa shape index (κ2) is 6.83. The highest BCUT2D eigenvalue weighted by molar-refractivity contribution is 5.87. The van der Waals surface area contributed by atoms with Crippen molar-refractivity contribution in [3.8, 4) is 11.8 Å². The van der Waals surface area contributed by atoms with Gasteiger partial charge in [-0.25, -0.2) is 14.5 Å². The molecule has 0 aliphatic carbocycles. The van der Waals surface area contributed by atoms with Gasteiger partial charge in [-0.1, -0.05) is 12.1 Å². The number of carboxylic acid groups (broad SMARTS) is 1. The summed E-state index contributed by atoms with van der Waals surface area (Å²) in [7, 11) is 0. The number of hydrogen-bond acceptors (Lipinski definition) is 6. The lowest BCUT2D eigenvalue weighted by Gasteiger charge is -2.15. The standard InChI is InChI=1S/C18H13F3N6O3/c1-9(10-2-4-12(5-3-10)18(19,20)21)27-14-13(7-23-27)24-17(25-15(14)28)26-8-11(6-22-26)16(29)30/h2-9H,1H3,(H,29,30)(H,24,25,28). The summed E-state index contributed by atoms with van der Waals surface area (Å²) >= 11 is 0. The Morgan fingerprint density at radius 2 is 1.80 bits per heavy atom. The number of carboxylic acids is 1. The maximum atomic E-state index is 12.8. The van der Waals surface area contributed by atoms with Crippen LogP contribution in [0.25, 0.3) is 17.0 Å². The highest BCUT2D eigenvalue weighted by Crippen LogP contribution is 2.32. The van der Waals surface area contributed by atoms with Crippen molar-refractivity contribution in [3.63, 3.8) is 0 Å². The number of fused-ring (bicyclic) bond motifs is 1. The summed E-state index contributed by atoms with van der Waals surface area (Å²) in [4.78, 5) is 19.2. The Morgan fingerprint density at radius 1 is 1.10 bits per heavy atom. The molecule has 0 saturated heterocycles. The molecule has 4 aromatic rings. The molecular weight excluding hydrogens is 405 g/mol. The fourth-order valence-corrected chi connectivity index (χ4v) is 2.96. The summed E-state index contributed by atoms with van der Waals surface area (Å²) in [5, 5.41) is 27.4. The minimum absolute atomic E-state index is 0.0609. The lowest BCUT2D eigenvalue weighted by atomic mass is 10.1. The van der Waals surface area contributed by atoms with Crippen LogP contribution in [0.2, 0.25) is 0 Å². The highest BCUT2D eigenvalue weighted by Gasteiger charge is 2.30. The predicted molar refractivity (Wildman–Crippen MR) is 96.3 cm³/mol. The van der Waals surface area contributed by atoms with Crippen molar-refractivity contribution in [2.45, 2.75) is 19.1 Å². The van der Waals surface area contributed by atoms with Crippen LogP contribution in [0.15, 0.2) is 42.9 Å². The van der Waals surface area contributed by atoms with Gasteiger partial charge in [0.15, 0.2) is 0 Å². The van der Waals surface area contributed by atoms with Crippen LogP contribution in [-0.2, 0) is 6.18 Å². The molecule has 0 aliphatic rings. The second-order valence-electron chi connectivity index (χ2n) is 6.44. The van der Waals surface area contributed by atoms with E-state index in [0.29, 0.717) is 5.56 Å². The van der Waals surface area contributed by atoms with E-state index in [2.05, 4.69) is 20.2 Å². The molecule has 0 radical (unpaired) electrons. The molecule has 1 atom stereocenters. The van der Waals surface area contributed by atoms with Crippen molar-refractivity contribution in [2.24, 2.45) is 0 Å². The van der Waals surface area contributed by atoms with E-state index in [1.807, 2.05) is 0 Å². The lowest BCUT2D eigenvalue weighted by molar-refractivity contribution is -0.137. The third kappa shape index (κ3) is 3.32. The summed E-state index contributed by atoms with van der Waals surface area (Å²) in [6.07, 6.45) is -0.765. The molecule has 0 fully saturated rings. The number of nitrogens with zero attached hydrogens (tertiary/aromatic N) is 6. The van der Waals surface area contributed by atoms with E-state index in [9.17, 15) is 23.1 Å². The molecule has 12 heteroatoms. The predicted octanol–water partition coefficient (Wildman–Crippen LogP) is 3.04. The first-order chi connectivity index (χ1) is 14.1. The van der Waals surface area contributed by atoms with Gasteiger partial charge in [0.05, 0.1) is 29.6 Å². The van der Waals surface area contributed by atoms with E-state index in [4.69, 9.17) is 5.11 Å². The number of alkyl halides is 3. The van der Waals surface area contributed by atoms with Gasteiger partial charge in [0, 0.05) is 6.20 Å². The van der Waals surface area contributed by atoms with Gasteiger partial charge < -0.3 is 10.2 Å². The van der Waals surface area contributed by atoms with Gasteiger partial charge in [-0.05, 0) is 24.6 Å². The molecular formula is C18H13F3N6O3. The third-order valence-electron chi connectivity index (χ3n) is 4.54. The van der Waals surface area contributed by atoms with Gasteiger partial charge in [0.1, 0.15) is 11.0 Å². The Balaban J connectivity index is 1.71. The van der Waals surface area contributed by atoms with Gasteiger partial charge >= 0.3 is 12.1 Å². The van der Waals surface area contributed by atoms with Crippen molar-refractivity contribution in [3.05, 3.63) is 59.5 Å². The monoisotopic (exact) mass is 418 g/mol. The SMILES string of the molecule is CC(c1ccc(C(F)(F)F)cc1)n1ncc2nc(-n3cc(C(=O)O)cn3)nc(O)c21. The van der Waals surface area contributed by atoms with Gasteiger partial charge in [-0.2, -0.15) is 28.4 Å². The molecule has 3 aromatic heterocycles. The first kappa shape index (κ1) is 19.4. The molecule has 1 unspecified atom stereocenters. The van der Waals surface area contributed by atoms with Crippen LogP contribution in [0, 0.1) is 0 Å². The van der Waals surface area contributed by atoms with Gasteiger partial charge in [-0.15, -0.1) is 0 Å². The molecule has 4 rings (SSSR count). The van der Waals surface area contributed by atoms with Crippen LogP contribution >= 0.6 is 0 Å². The number of carbonyl (C=O) groups is 1. The van der Waals surface area contributed by atoms with Crippen LogP contribution in [-0.4, -0.2) is 45.7 Å².